The molecule has 1 aliphatic rings. The number of rotatable bonds is 7. The molecule has 146 valence electrons. The van der Waals surface area contributed by atoms with Gasteiger partial charge in [0.2, 0.25) is 5.24 Å². The number of phosphoric ester groups is 1. The Hall–Kier alpha value is -0.470. The highest BCUT2D eigenvalue weighted by Crippen LogP contribution is 2.49. The molecule has 1 N–H and O–H groups in total. The summed E-state index contributed by atoms with van der Waals surface area (Å²) in [7, 11) is -3.49. The van der Waals surface area contributed by atoms with Crippen LogP contribution in [0, 0.1) is 0 Å². The lowest BCUT2D eigenvalue weighted by Crippen LogP contribution is -2.02. The third-order valence-electron chi connectivity index (χ3n) is 1.50. The van der Waals surface area contributed by atoms with Gasteiger partial charge in [-0.15, -0.1) is 0 Å². The van der Waals surface area contributed by atoms with E-state index in [0.29, 0.717) is 6.79 Å². The van der Waals surface area contributed by atoms with Crippen molar-refractivity contribution in [3.05, 3.63) is 12.3 Å². The van der Waals surface area contributed by atoms with Crippen LogP contribution in [0.2, 0.25) is 0 Å². The normalized spacial score (nSPS) is 12.6. The molecule has 0 unspecified atom stereocenters. The molecule has 1 aliphatic heterocycles. The average molecular weight is 393 g/mol. The summed E-state index contributed by atoms with van der Waals surface area (Å²) in [6, 6.07) is 0. The van der Waals surface area contributed by atoms with Crippen LogP contribution in [0.15, 0.2) is 12.3 Å². The van der Waals surface area contributed by atoms with E-state index in [1.54, 1.807) is 13.8 Å². The Labute approximate surface area is 149 Å². The molecule has 8 nitrogen and oxygen atoms in total. The van der Waals surface area contributed by atoms with Gasteiger partial charge in [-0.2, -0.15) is 0 Å². The molecule has 0 bridgehead atoms. The molecule has 0 spiro atoms. The number of halogens is 1. The fourth-order valence-electron chi connectivity index (χ4n) is 0.876. The maximum atomic E-state index is 11.5. The fraction of sp³-hybridized carbons (Fsp3) is 0.786. The van der Waals surface area contributed by atoms with Gasteiger partial charge >= 0.3 is 7.82 Å². The predicted octanol–water partition coefficient (Wildman–Crippen LogP) is 4.04. The molecule has 1 fully saturated rings. The van der Waals surface area contributed by atoms with Gasteiger partial charge in [0.05, 0.1) is 26.4 Å². The minimum Gasteiger partial charge on any atom is -0.510 e. The Morgan fingerprint density at radius 1 is 1.17 bits per heavy atom. The first-order chi connectivity index (χ1) is 11.3. The van der Waals surface area contributed by atoms with Gasteiger partial charge in [-0.1, -0.05) is 20.4 Å². The molecule has 0 aromatic carbocycles. The number of carbonyl (C=O) groups excluding carboxylic acids is 1. The lowest BCUT2D eigenvalue weighted by Gasteiger charge is -2.15. The van der Waals surface area contributed by atoms with E-state index in [9.17, 15) is 9.36 Å². The molecule has 10 heteroatoms. The zero-order chi connectivity index (χ0) is 19.4. The summed E-state index contributed by atoms with van der Waals surface area (Å²) in [5, 5.41) is 8.34. The van der Waals surface area contributed by atoms with E-state index >= 15 is 0 Å². The molecule has 1 saturated heterocycles. The van der Waals surface area contributed by atoms with Crippen LogP contribution in [0.5, 0.6) is 0 Å². The number of aliphatic hydroxyl groups excluding tert-OH is 1. The van der Waals surface area contributed by atoms with Gasteiger partial charge in [0.15, 0.2) is 0 Å². The fourth-order valence-corrected chi connectivity index (χ4v) is 2.04. The maximum absolute atomic E-state index is 11.5. The summed E-state index contributed by atoms with van der Waals surface area (Å²) in [5.41, 5.74) is 0. The molecular weight excluding hydrogens is 363 g/mol. The van der Waals surface area contributed by atoms with E-state index in [1.807, 2.05) is 13.8 Å². The zero-order valence-corrected chi connectivity index (χ0v) is 16.7. The topological polar surface area (TPSA) is 101 Å². The molecule has 0 amide bonds. The Balaban J connectivity index is -0.000000325. The highest BCUT2D eigenvalue weighted by molar-refractivity contribution is 7.48. The second-order valence-corrected chi connectivity index (χ2v) is 5.73. The van der Waals surface area contributed by atoms with E-state index in [1.165, 1.54) is 6.92 Å². The van der Waals surface area contributed by atoms with Crippen molar-refractivity contribution in [3.8, 4) is 0 Å². The van der Waals surface area contributed by atoms with Crippen LogP contribution in [-0.4, -0.2) is 50.2 Å². The smallest absolute Gasteiger partial charge is 0.475 e. The van der Waals surface area contributed by atoms with E-state index in [-0.39, 0.29) is 30.8 Å². The molecular formula is C14H30ClO8P. The molecule has 0 aromatic heterocycles. The van der Waals surface area contributed by atoms with Crippen molar-refractivity contribution >= 4 is 24.7 Å². The SMILES string of the molecule is C1COCO1.C=C(O)COP(=O)(OCC)OCC.CC.CC(=O)Cl. The van der Waals surface area contributed by atoms with Crippen LogP contribution in [0.25, 0.3) is 0 Å². The Kier molecular flexibility index (Phi) is 24.3. The highest BCUT2D eigenvalue weighted by Gasteiger charge is 2.25. The Bertz CT molecular complexity index is 326. The monoisotopic (exact) mass is 392 g/mol. The third kappa shape index (κ3) is 26.4. The van der Waals surface area contributed by atoms with E-state index in [0.717, 1.165) is 13.2 Å². The number of hydrogen-bond donors (Lipinski definition) is 1. The quantitative estimate of drug-likeness (QED) is 0.393. The number of ether oxygens (including phenoxy) is 2. The molecule has 0 aliphatic carbocycles. The van der Waals surface area contributed by atoms with Gasteiger partial charge in [-0.3, -0.25) is 18.4 Å². The van der Waals surface area contributed by atoms with Crippen LogP contribution in [0.4, 0.5) is 0 Å². The number of aliphatic hydroxyl groups is 1. The second-order valence-electron chi connectivity index (χ2n) is 3.53. The minimum absolute atomic E-state index is 0.217. The summed E-state index contributed by atoms with van der Waals surface area (Å²) in [6.45, 7) is 14.0. The minimum atomic E-state index is -3.49. The number of hydrogen-bond acceptors (Lipinski definition) is 8. The summed E-state index contributed by atoms with van der Waals surface area (Å²) in [6.07, 6.45) is 0. The van der Waals surface area contributed by atoms with Crippen molar-refractivity contribution in [1.82, 2.24) is 0 Å². The van der Waals surface area contributed by atoms with Crippen LogP contribution in [0.3, 0.4) is 0 Å². The van der Waals surface area contributed by atoms with Gasteiger partial charge in [0, 0.05) is 6.92 Å². The lowest BCUT2D eigenvalue weighted by atomic mass is 10.6. The van der Waals surface area contributed by atoms with Crippen molar-refractivity contribution in [2.45, 2.75) is 34.6 Å². The highest BCUT2D eigenvalue weighted by atomic mass is 35.5. The summed E-state index contributed by atoms with van der Waals surface area (Å²) in [4.78, 5) is 9.21. The number of carbonyl (C=O) groups is 1. The van der Waals surface area contributed by atoms with Crippen LogP contribution < -0.4 is 0 Å². The maximum Gasteiger partial charge on any atom is 0.475 e. The standard InChI is InChI=1S/C7H15O5P.C3H6O2.C2H3ClO.C2H6/c1-4-10-13(9,11-5-2)12-6-7(3)8;1-2-5-3-4-1;1-2(3)4;1-2/h8H,3-6H2,1-2H3;1-3H2;1H3;1-2H3. The van der Waals surface area contributed by atoms with Crippen molar-refractivity contribution < 1.29 is 37.5 Å². The van der Waals surface area contributed by atoms with E-state index < -0.39 is 7.82 Å². The molecule has 1 rings (SSSR count). The van der Waals surface area contributed by atoms with Crippen molar-refractivity contribution in [1.29, 1.82) is 0 Å². The molecule has 0 aromatic rings. The lowest BCUT2D eigenvalue weighted by molar-refractivity contribution is -0.109. The van der Waals surface area contributed by atoms with E-state index in [2.05, 4.69) is 18.2 Å². The van der Waals surface area contributed by atoms with Crippen LogP contribution in [0.1, 0.15) is 34.6 Å². The first kappa shape index (κ1) is 28.3. The van der Waals surface area contributed by atoms with Crippen molar-refractivity contribution in [2.75, 3.05) is 39.8 Å². The van der Waals surface area contributed by atoms with Gasteiger partial charge in [0.1, 0.15) is 19.2 Å². The van der Waals surface area contributed by atoms with Crippen LogP contribution >= 0.6 is 19.4 Å². The molecule has 0 radical (unpaired) electrons. The average Bonchev–Trinajstić information content (AvgIpc) is 3.07. The summed E-state index contributed by atoms with van der Waals surface area (Å²) >= 11 is 4.64. The van der Waals surface area contributed by atoms with Crippen LogP contribution in [-0.2, 0) is 32.4 Å². The molecule has 1 heterocycles. The van der Waals surface area contributed by atoms with Gasteiger partial charge in [0.25, 0.3) is 0 Å². The van der Waals surface area contributed by atoms with Crippen molar-refractivity contribution in [3.63, 3.8) is 0 Å². The molecule has 0 atom stereocenters. The third-order valence-corrected chi connectivity index (χ3v) is 3.10. The largest absolute Gasteiger partial charge is 0.510 e. The summed E-state index contributed by atoms with van der Waals surface area (Å²) in [5.74, 6) is -0.223. The first-order valence-electron chi connectivity index (χ1n) is 7.49. The van der Waals surface area contributed by atoms with Gasteiger partial charge in [-0.05, 0) is 25.4 Å². The Morgan fingerprint density at radius 3 is 1.75 bits per heavy atom. The first-order valence-corrected chi connectivity index (χ1v) is 9.33. The zero-order valence-electron chi connectivity index (χ0n) is 15.1. The summed E-state index contributed by atoms with van der Waals surface area (Å²) < 4.78 is 35.2. The molecule has 0 saturated carbocycles. The second kappa shape index (κ2) is 20.6. The number of phosphoric acid groups is 1. The van der Waals surface area contributed by atoms with Crippen molar-refractivity contribution in [2.24, 2.45) is 0 Å². The van der Waals surface area contributed by atoms with E-state index in [4.69, 9.17) is 28.2 Å². The molecule has 24 heavy (non-hydrogen) atoms. The van der Waals surface area contributed by atoms with Gasteiger partial charge < -0.3 is 14.6 Å². The predicted molar refractivity (Wildman–Crippen MR) is 93.2 cm³/mol. The van der Waals surface area contributed by atoms with Gasteiger partial charge in [-0.25, -0.2) is 4.57 Å². The Morgan fingerprint density at radius 2 is 1.54 bits per heavy atom.